The van der Waals surface area contributed by atoms with E-state index < -0.39 is 11.7 Å². The highest BCUT2D eigenvalue weighted by Crippen LogP contribution is 2.30. The molecule has 2 heterocycles. The second-order valence-corrected chi connectivity index (χ2v) is 7.89. The van der Waals surface area contributed by atoms with Crippen LogP contribution in [0.3, 0.4) is 0 Å². The normalized spacial score (nSPS) is 21.5. The smallest absolute Gasteiger partial charge is 0.270 e. The van der Waals surface area contributed by atoms with Crippen molar-refractivity contribution in [2.24, 2.45) is 0 Å². The second-order valence-electron chi connectivity index (χ2n) is 7.17. The van der Waals surface area contributed by atoms with Crippen LogP contribution in [0.5, 0.6) is 11.5 Å². The number of hydrogen-bond donors (Lipinski definition) is 3. The van der Waals surface area contributed by atoms with Crippen molar-refractivity contribution in [1.29, 1.82) is 0 Å². The van der Waals surface area contributed by atoms with Gasteiger partial charge in [-0.1, -0.05) is 6.07 Å². The van der Waals surface area contributed by atoms with Gasteiger partial charge >= 0.3 is 0 Å². The van der Waals surface area contributed by atoms with Crippen LogP contribution in [0.4, 0.5) is 0 Å². The number of amides is 1. The number of hydrogen-bond acceptors (Lipinski definition) is 9. The fourth-order valence-corrected chi connectivity index (χ4v) is 3.87. The van der Waals surface area contributed by atoms with Crippen molar-refractivity contribution in [1.82, 2.24) is 15.2 Å². The van der Waals surface area contributed by atoms with E-state index >= 15 is 0 Å². The van der Waals surface area contributed by atoms with E-state index in [1.165, 1.54) is 11.3 Å². The number of nitrogens with one attached hydrogen (secondary N) is 1. The third-order valence-corrected chi connectivity index (χ3v) is 5.53. The van der Waals surface area contributed by atoms with Crippen LogP contribution in [-0.2, 0) is 11.3 Å². The number of benzene rings is 1. The highest BCUT2D eigenvalue weighted by atomic mass is 32.1. The van der Waals surface area contributed by atoms with Crippen LogP contribution in [0.15, 0.2) is 29.1 Å². The Morgan fingerprint density at radius 1 is 1.37 bits per heavy atom. The first kappa shape index (κ1) is 22.4. The molecule has 1 aliphatic rings. The summed E-state index contributed by atoms with van der Waals surface area (Å²) in [5.41, 5.74) is 1.38. The fourth-order valence-electron chi connectivity index (χ4n) is 3.34. The van der Waals surface area contributed by atoms with E-state index in [-0.39, 0.29) is 25.5 Å². The molecular weight excluding hydrogens is 410 g/mol. The summed E-state index contributed by atoms with van der Waals surface area (Å²) >= 11 is 1.32. The van der Waals surface area contributed by atoms with Crippen LogP contribution in [0.2, 0.25) is 0 Å². The van der Waals surface area contributed by atoms with Gasteiger partial charge in [-0.05, 0) is 17.7 Å². The molecule has 1 aromatic carbocycles. The molecule has 0 radical (unpaired) electrons. The number of nitrogens with zero attached hydrogens (tertiary/aromatic N) is 2. The van der Waals surface area contributed by atoms with E-state index in [4.69, 9.17) is 14.2 Å². The molecule has 1 fully saturated rings. The largest absolute Gasteiger partial charge is 0.493 e. The van der Waals surface area contributed by atoms with Gasteiger partial charge in [0.25, 0.3) is 5.91 Å². The molecule has 0 unspecified atom stereocenters. The molecule has 3 N–H and O–H groups in total. The standard InChI is InChI=1S/C20H27N3O6S/c1-27-5-6-29-17-7-14(3-4-16(17)28-2)8-23-9-18(24)20(26,12-23)11-21-19(25)15-10-30-13-22-15/h3-4,7,10,13,18,24,26H,5-6,8-9,11-12H2,1-2H3,(H,21,25)/t18-,20+/m1/s1. The monoisotopic (exact) mass is 437 g/mol. The van der Waals surface area contributed by atoms with Crippen molar-refractivity contribution in [3.63, 3.8) is 0 Å². The van der Waals surface area contributed by atoms with Gasteiger partial charge in [0.15, 0.2) is 11.5 Å². The Hall–Kier alpha value is -2.24. The number of aliphatic hydroxyl groups is 2. The minimum absolute atomic E-state index is 0.0605. The zero-order valence-electron chi connectivity index (χ0n) is 17.0. The Bertz CT molecular complexity index is 834. The molecule has 10 heteroatoms. The SMILES string of the molecule is COCCOc1cc(CN2C[C@@H](O)[C@](O)(CNC(=O)c3cscn3)C2)ccc1OC. The molecule has 30 heavy (non-hydrogen) atoms. The van der Waals surface area contributed by atoms with Crippen molar-refractivity contribution in [2.45, 2.75) is 18.2 Å². The van der Waals surface area contributed by atoms with Crippen LogP contribution in [0.1, 0.15) is 16.1 Å². The van der Waals surface area contributed by atoms with Gasteiger partial charge in [-0.25, -0.2) is 4.98 Å². The summed E-state index contributed by atoms with van der Waals surface area (Å²) in [6, 6.07) is 5.61. The molecule has 2 aromatic rings. The quantitative estimate of drug-likeness (QED) is 0.461. The number of β-amino-alcohol motifs (C(OH)–C–C–N with tert-alkyl or cyclic N) is 2. The average molecular weight is 438 g/mol. The maximum Gasteiger partial charge on any atom is 0.270 e. The maximum atomic E-state index is 12.1. The predicted octanol–water partition coefficient (Wildman–Crippen LogP) is 0.515. The van der Waals surface area contributed by atoms with Crippen molar-refractivity contribution < 1.29 is 29.2 Å². The highest BCUT2D eigenvalue weighted by Gasteiger charge is 2.44. The summed E-state index contributed by atoms with van der Waals surface area (Å²) < 4.78 is 16.1. The molecule has 0 aliphatic carbocycles. The van der Waals surface area contributed by atoms with E-state index in [9.17, 15) is 15.0 Å². The molecule has 1 amide bonds. The number of likely N-dealkylation sites (tertiary alicyclic amines) is 1. The lowest BCUT2D eigenvalue weighted by Crippen LogP contribution is -2.51. The summed E-state index contributed by atoms with van der Waals surface area (Å²) in [6.07, 6.45) is -0.982. The molecule has 2 atom stereocenters. The third kappa shape index (κ3) is 5.46. The van der Waals surface area contributed by atoms with Gasteiger partial charge < -0.3 is 29.7 Å². The van der Waals surface area contributed by atoms with Gasteiger partial charge in [-0.15, -0.1) is 11.3 Å². The number of carbonyl (C=O) groups is 1. The molecule has 1 aliphatic heterocycles. The Kier molecular flexibility index (Phi) is 7.62. The van der Waals surface area contributed by atoms with E-state index in [1.54, 1.807) is 25.1 Å². The van der Waals surface area contributed by atoms with Crippen LogP contribution < -0.4 is 14.8 Å². The summed E-state index contributed by atoms with van der Waals surface area (Å²) in [5.74, 6) is 0.860. The number of aliphatic hydroxyl groups excluding tert-OH is 1. The third-order valence-electron chi connectivity index (χ3n) is 4.95. The summed E-state index contributed by atoms with van der Waals surface area (Å²) in [6.45, 7) is 1.81. The molecule has 9 nitrogen and oxygen atoms in total. The number of thiazole rings is 1. The molecule has 164 valence electrons. The van der Waals surface area contributed by atoms with Gasteiger partial charge in [0.2, 0.25) is 0 Å². The summed E-state index contributed by atoms with van der Waals surface area (Å²) in [5, 5.41) is 25.5. The minimum Gasteiger partial charge on any atom is -0.493 e. The zero-order valence-corrected chi connectivity index (χ0v) is 17.9. The molecule has 1 saturated heterocycles. The first-order valence-electron chi connectivity index (χ1n) is 9.53. The van der Waals surface area contributed by atoms with Crippen molar-refractivity contribution >= 4 is 17.2 Å². The minimum atomic E-state index is -1.43. The van der Waals surface area contributed by atoms with Gasteiger partial charge in [-0.3, -0.25) is 9.69 Å². The van der Waals surface area contributed by atoms with Crippen molar-refractivity contribution in [2.75, 3.05) is 47.1 Å². The number of aromatic nitrogens is 1. The van der Waals surface area contributed by atoms with E-state index in [2.05, 4.69) is 10.3 Å². The summed E-state index contributed by atoms with van der Waals surface area (Å²) in [7, 11) is 3.19. The van der Waals surface area contributed by atoms with Gasteiger partial charge in [0, 0.05) is 32.1 Å². The lowest BCUT2D eigenvalue weighted by molar-refractivity contribution is -0.0377. The van der Waals surface area contributed by atoms with E-state index in [0.717, 1.165) is 5.56 Å². The molecular formula is C20H27N3O6S. The van der Waals surface area contributed by atoms with Crippen molar-refractivity contribution in [3.05, 3.63) is 40.3 Å². The lowest BCUT2D eigenvalue weighted by atomic mass is 10.0. The Morgan fingerprint density at radius 3 is 2.90 bits per heavy atom. The molecule has 0 saturated carbocycles. The van der Waals surface area contributed by atoms with Crippen LogP contribution in [0.25, 0.3) is 0 Å². The number of rotatable bonds is 10. The van der Waals surface area contributed by atoms with Gasteiger partial charge in [-0.2, -0.15) is 0 Å². The maximum absolute atomic E-state index is 12.1. The molecule has 0 bridgehead atoms. The molecule has 0 spiro atoms. The van der Waals surface area contributed by atoms with E-state index in [0.29, 0.717) is 37.0 Å². The zero-order chi connectivity index (χ0) is 21.6. The Labute approximate surface area is 179 Å². The molecule has 1 aromatic heterocycles. The van der Waals surface area contributed by atoms with E-state index in [1.807, 2.05) is 23.1 Å². The van der Waals surface area contributed by atoms with Crippen LogP contribution in [-0.4, -0.2) is 84.8 Å². The number of carbonyl (C=O) groups excluding carboxylic acids is 1. The van der Waals surface area contributed by atoms with Crippen LogP contribution >= 0.6 is 11.3 Å². The second kappa shape index (κ2) is 10.2. The predicted molar refractivity (Wildman–Crippen MR) is 111 cm³/mol. The van der Waals surface area contributed by atoms with Gasteiger partial charge in [0.1, 0.15) is 17.9 Å². The first-order valence-corrected chi connectivity index (χ1v) is 10.5. The van der Waals surface area contributed by atoms with Crippen molar-refractivity contribution in [3.8, 4) is 11.5 Å². The average Bonchev–Trinajstić information content (AvgIpc) is 3.36. The highest BCUT2D eigenvalue weighted by molar-refractivity contribution is 7.07. The van der Waals surface area contributed by atoms with Crippen LogP contribution in [0, 0.1) is 0 Å². The first-order chi connectivity index (χ1) is 14.4. The van der Waals surface area contributed by atoms with Gasteiger partial charge in [0.05, 0.1) is 31.9 Å². The lowest BCUT2D eigenvalue weighted by Gasteiger charge is -2.26. The summed E-state index contributed by atoms with van der Waals surface area (Å²) in [4.78, 5) is 18.0. The Balaban J connectivity index is 1.59. The number of ether oxygens (including phenoxy) is 3. The number of methoxy groups -OCH3 is 2. The fraction of sp³-hybridized carbons (Fsp3) is 0.500. The Morgan fingerprint density at radius 2 is 2.20 bits per heavy atom. The molecule has 3 rings (SSSR count). The topological polar surface area (TPSA) is 113 Å².